The third kappa shape index (κ3) is 2.22. The first-order valence-corrected chi connectivity index (χ1v) is 9.32. The minimum absolute atomic E-state index is 0.565. The molecular weight excluding hydrogens is 302 g/mol. The third-order valence-corrected chi connectivity index (χ3v) is 6.61. The van der Waals surface area contributed by atoms with Crippen LogP contribution < -0.4 is 0 Å². The van der Waals surface area contributed by atoms with Crippen molar-refractivity contribution < 1.29 is 0 Å². The van der Waals surface area contributed by atoms with Gasteiger partial charge >= 0.3 is 0 Å². The average Bonchev–Trinajstić information content (AvgIpc) is 3.17. The maximum absolute atomic E-state index is 4.47. The highest BCUT2D eigenvalue weighted by atomic mass is 32.2. The van der Waals surface area contributed by atoms with E-state index in [1.54, 1.807) is 22.7 Å². The number of aromatic nitrogens is 1. The third-order valence-electron chi connectivity index (χ3n) is 3.62. The van der Waals surface area contributed by atoms with E-state index in [1.807, 2.05) is 18.0 Å². The summed E-state index contributed by atoms with van der Waals surface area (Å²) in [7, 11) is 0. The molecule has 2 aromatic heterocycles. The van der Waals surface area contributed by atoms with Gasteiger partial charge in [0.1, 0.15) is 5.01 Å². The Morgan fingerprint density at radius 3 is 3.00 bits per heavy atom. The lowest BCUT2D eigenvalue weighted by atomic mass is 10.0. The van der Waals surface area contributed by atoms with E-state index in [0.717, 1.165) is 5.01 Å². The molecule has 0 aliphatic carbocycles. The van der Waals surface area contributed by atoms with Crippen molar-refractivity contribution in [3.63, 3.8) is 0 Å². The average molecular weight is 315 g/mol. The van der Waals surface area contributed by atoms with Crippen LogP contribution in [0.3, 0.4) is 0 Å². The number of thiophene rings is 1. The second-order valence-electron chi connectivity index (χ2n) is 4.83. The van der Waals surface area contributed by atoms with Crippen LogP contribution >= 0.6 is 34.4 Å². The molecule has 3 aromatic rings. The molecule has 4 rings (SSSR count). The van der Waals surface area contributed by atoms with Crippen LogP contribution in [0, 0.1) is 0 Å². The van der Waals surface area contributed by atoms with Gasteiger partial charge in [0.05, 0.1) is 0 Å². The number of fused-ring (bicyclic) bond motifs is 1. The summed E-state index contributed by atoms with van der Waals surface area (Å²) in [5.74, 6) is 0. The predicted molar refractivity (Wildman–Crippen MR) is 88.8 cm³/mol. The van der Waals surface area contributed by atoms with Crippen LogP contribution in [0.2, 0.25) is 0 Å². The monoisotopic (exact) mass is 315 g/mol. The van der Waals surface area contributed by atoms with Crippen molar-refractivity contribution in [2.24, 2.45) is 0 Å². The first-order chi connectivity index (χ1) is 9.92. The Kier molecular flexibility index (Phi) is 3.38. The molecule has 100 valence electrons. The van der Waals surface area contributed by atoms with Gasteiger partial charge in [-0.1, -0.05) is 18.2 Å². The summed E-state index contributed by atoms with van der Waals surface area (Å²) in [6.07, 6.45) is 4.29. The first-order valence-electron chi connectivity index (χ1n) is 6.62. The second kappa shape index (κ2) is 5.35. The molecule has 0 fully saturated rings. The van der Waals surface area contributed by atoms with Gasteiger partial charge < -0.3 is 0 Å². The summed E-state index contributed by atoms with van der Waals surface area (Å²) >= 11 is 5.53. The molecule has 1 nitrogen and oxygen atoms in total. The maximum Gasteiger partial charge on any atom is 0.124 e. The summed E-state index contributed by atoms with van der Waals surface area (Å²) in [6.45, 7) is 0. The highest BCUT2D eigenvalue weighted by Gasteiger charge is 2.24. The first kappa shape index (κ1) is 12.6. The number of rotatable bonds is 2. The number of thiazole rings is 1. The van der Waals surface area contributed by atoms with Crippen LogP contribution in [0.15, 0.2) is 51.5 Å². The molecule has 1 aliphatic rings. The number of aryl methyl sites for hydroxylation is 1. The fraction of sp³-hybridized carbons (Fsp3) is 0.188. The van der Waals surface area contributed by atoms with Gasteiger partial charge in [0, 0.05) is 32.7 Å². The Labute approximate surface area is 130 Å². The van der Waals surface area contributed by atoms with Gasteiger partial charge in [-0.3, -0.25) is 0 Å². The highest BCUT2D eigenvalue weighted by molar-refractivity contribution is 7.99. The van der Waals surface area contributed by atoms with Gasteiger partial charge in [0.15, 0.2) is 0 Å². The number of hydrogen-bond acceptors (Lipinski definition) is 4. The Hall–Kier alpha value is -1.10. The van der Waals surface area contributed by atoms with E-state index < -0.39 is 0 Å². The molecule has 0 bridgehead atoms. The normalized spacial score (nSPS) is 17.9. The molecule has 1 aliphatic heterocycles. The lowest BCUT2D eigenvalue weighted by Gasteiger charge is -2.24. The van der Waals surface area contributed by atoms with Crippen molar-refractivity contribution in [2.45, 2.75) is 23.0 Å². The predicted octanol–water partition coefficient (Wildman–Crippen LogP) is 5.65. The molecule has 0 saturated carbocycles. The van der Waals surface area contributed by atoms with Crippen LogP contribution in [-0.4, -0.2) is 4.98 Å². The topological polar surface area (TPSA) is 12.9 Å². The van der Waals surface area contributed by atoms with Gasteiger partial charge in [-0.15, -0.1) is 23.1 Å². The summed E-state index contributed by atoms with van der Waals surface area (Å²) < 4.78 is 0. The van der Waals surface area contributed by atoms with E-state index in [9.17, 15) is 0 Å². The number of hydrogen-bond donors (Lipinski definition) is 0. The largest absolute Gasteiger partial charge is 0.245 e. The van der Waals surface area contributed by atoms with Crippen LogP contribution in [0.1, 0.15) is 22.8 Å². The molecule has 0 spiro atoms. The summed E-state index contributed by atoms with van der Waals surface area (Å²) in [6, 6.07) is 8.80. The number of nitrogens with zero attached hydrogens (tertiary/aromatic N) is 1. The van der Waals surface area contributed by atoms with Crippen LogP contribution in [-0.2, 0) is 6.42 Å². The van der Waals surface area contributed by atoms with E-state index in [0.29, 0.717) is 5.25 Å². The molecule has 1 atom stereocenters. The van der Waals surface area contributed by atoms with Crippen molar-refractivity contribution in [1.82, 2.24) is 4.98 Å². The molecule has 4 heteroatoms. The standard InChI is InChI=1S/C16H13NS3/c1-2-4-14-11(3-1)5-6-15(20-14)12-9-18-10-13(12)16-17-7-8-19-16/h1-4,7-10,15H,5-6H2. The maximum atomic E-state index is 4.47. The lowest BCUT2D eigenvalue weighted by molar-refractivity contribution is 0.775. The minimum atomic E-state index is 0.565. The molecule has 0 N–H and O–H groups in total. The SMILES string of the molecule is c1ccc2c(c1)CCC(c1cscc1-c1nccs1)S2. The molecule has 1 aromatic carbocycles. The zero-order valence-corrected chi connectivity index (χ0v) is 13.2. The van der Waals surface area contributed by atoms with Crippen molar-refractivity contribution >= 4 is 34.4 Å². The Balaban J connectivity index is 1.69. The fourth-order valence-corrected chi connectivity index (χ4v) is 5.70. The van der Waals surface area contributed by atoms with Gasteiger partial charge in [0.2, 0.25) is 0 Å². The summed E-state index contributed by atoms with van der Waals surface area (Å²) in [4.78, 5) is 5.92. The molecule has 20 heavy (non-hydrogen) atoms. The number of thioether (sulfide) groups is 1. The Bertz CT molecular complexity index is 715. The summed E-state index contributed by atoms with van der Waals surface area (Å²) in [5, 5.41) is 8.33. The Morgan fingerprint density at radius 2 is 2.10 bits per heavy atom. The molecule has 0 saturated heterocycles. The van der Waals surface area contributed by atoms with Gasteiger partial charge in [0.25, 0.3) is 0 Å². The van der Waals surface area contributed by atoms with E-state index in [4.69, 9.17) is 0 Å². The highest BCUT2D eigenvalue weighted by Crippen LogP contribution is 2.48. The summed E-state index contributed by atoms with van der Waals surface area (Å²) in [5.41, 5.74) is 4.30. The van der Waals surface area contributed by atoms with E-state index in [1.165, 1.54) is 34.4 Å². The molecule has 3 heterocycles. The van der Waals surface area contributed by atoms with Crippen molar-refractivity contribution in [3.05, 3.63) is 57.7 Å². The lowest BCUT2D eigenvalue weighted by Crippen LogP contribution is -2.04. The second-order valence-corrected chi connectivity index (χ2v) is 7.71. The quantitative estimate of drug-likeness (QED) is 0.606. The van der Waals surface area contributed by atoms with Crippen LogP contribution in [0.4, 0.5) is 0 Å². The molecule has 1 unspecified atom stereocenters. The number of benzene rings is 1. The smallest absolute Gasteiger partial charge is 0.124 e. The van der Waals surface area contributed by atoms with Crippen molar-refractivity contribution in [1.29, 1.82) is 0 Å². The van der Waals surface area contributed by atoms with E-state index in [-0.39, 0.29) is 0 Å². The van der Waals surface area contributed by atoms with E-state index in [2.05, 4.69) is 45.4 Å². The minimum Gasteiger partial charge on any atom is -0.245 e. The fourth-order valence-electron chi connectivity index (χ4n) is 2.63. The Morgan fingerprint density at radius 1 is 1.15 bits per heavy atom. The van der Waals surface area contributed by atoms with Crippen LogP contribution in [0.25, 0.3) is 10.6 Å². The van der Waals surface area contributed by atoms with Crippen molar-refractivity contribution in [3.8, 4) is 10.6 Å². The zero-order chi connectivity index (χ0) is 13.4. The molecule has 0 radical (unpaired) electrons. The molecule has 0 amide bonds. The molecular formula is C16H13NS3. The van der Waals surface area contributed by atoms with E-state index >= 15 is 0 Å². The van der Waals surface area contributed by atoms with Crippen LogP contribution in [0.5, 0.6) is 0 Å². The van der Waals surface area contributed by atoms with Crippen molar-refractivity contribution in [2.75, 3.05) is 0 Å². The zero-order valence-electron chi connectivity index (χ0n) is 10.8. The van der Waals surface area contributed by atoms with Gasteiger partial charge in [-0.05, 0) is 35.4 Å². The van der Waals surface area contributed by atoms with Gasteiger partial charge in [-0.2, -0.15) is 11.3 Å². The van der Waals surface area contributed by atoms with Gasteiger partial charge in [-0.25, -0.2) is 4.98 Å².